The molecule has 0 spiro atoms. The molecule has 1 aromatic carbocycles. The number of nitrogen functional groups attached to an aromatic ring is 1. The lowest BCUT2D eigenvalue weighted by Crippen LogP contribution is -2.14. The van der Waals surface area contributed by atoms with Gasteiger partial charge in [0.25, 0.3) is 0 Å². The number of rotatable bonds is 2. The van der Waals surface area contributed by atoms with Crippen LogP contribution in [0.2, 0.25) is 0 Å². The molecule has 0 bridgehead atoms. The zero-order chi connectivity index (χ0) is 13.3. The van der Waals surface area contributed by atoms with Gasteiger partial charge >= 0.3 is 6.18 Å². The van der Waals surface area contributed by atoms with Gasteiger partial charge in [-0.1, -0.05) is 6.07 Å². The first-order valence-electron chi connectivity index (χ1n) is 5.01. The van der Waals surface area contributed by atoms with Crippen molar-refractivity contribution >= 4 is 5.82 Å². The fraction of sp³-hybridized carbons (Fsp3) is 0.182. The molecule has 0 aliphatic rings. The quantitative estimate of drug-likeness (QED) is 0.842. The van der Waals surface area contributed by atoms with Gasteiger partial charge in [-0.15, -0.1) is 0 Å². The summed E-state index contributed by atoms with van der Waals surface area (Å²) in [5.74, 6) is -0.688. The van der Waals surface area contributed by atoms with Gasteiger partial charge in [-0.05, 0) is 23.8 Å². The van der Waals surface area contributed by atoms with Gasteiger partial charge in [0, 0.05) is 0 Å². The first kappa shape index (κ1) is 12.4. The van der Waals surface area contributed by atoms with Crippen LogP contribution in [0.4, 0.5) is 23.4 Å². The summed E-state index contributed by atoms with van der Waals surface area (Å²) in [6.07, 6.45) is -3.23. The Balaban J connectivity index is 2.42. The van der Waals surface area contributed by atoms with Crippen LogP contribution in [0.15, 0.2) is 30.5 Å². The number of nitrogens with two attached hydrogens (primary N) is 1. The van der Waals surface area contributed by atoms with Crippen LogP contribution in [0.3, 0.4) is 0 Å². The van der Waals surface area contributed by atoms with E-state index in [0.29, 0.717) is 6.07 Å². The molecular formula is C11H9F4N3. The summed E-state index contributed by atoms with van der Waals surface area (Å²) in [6, 6.07) is 4.00. The Kier molecular flexibility index (Phi) is 2.98. The molecule has 7 heteroatoms. The number of nitrogens with zero attached hydrogens (tertiary/aromatic N) is 2. The zero-order valence-corrected chi connectivity index (χ0v) is 9.08. The predicted octanol–water partition coefficient (Wildman–Crippen LogP) is 2.67. The second kappa shape index (κ2) is 4.32. The van der Waals surface area contributed by atoms with Crippen molar-refractivity contribution in [3.05, 3.63) is 47.4 Å². The highest BCUT2D eigenvalue weighted by molar-refractivity contribution is 5.33. The Labute approximate surface area is 99.8 Å². The Bertz CT molecular complexity index is 560. The molecule has 0 aliphatic heterocycles. The highest BCUT2D eigenvalue weighted by atomic mass is 19.4. The minimum Gasteiger partial charge on any atom is -0.384 e. The van der Waals surface area contributed by atoms with E-state index in [1.807, 2.05) is 0 Å². The van der Waals surface area contributed by atoms with Crippen molar-refractivity contribution in [3.63, 3.8) is 0 Å². The molecule has 0 radical (unpaired) electrons. The number of benzene rings is 1. The van der Waals surface area contributed by atoms with Crippen molar-refractivity contribution in [1.29, 1.82) is 0 Å². The molecule has 2 rings (SSSR count). The van der Waals surface area contributed by atoms with Gasteiger partial charge in [-0.3, -0.25) is 0 Å². The maximum atomic E-state index is 12.9. The van der Waals surface area contributed by atoms with Gasteiger partial charge in [-0.25, -0.2) is 9.07 Å². The molecule has 0 saturated heterocycles. The van der Waals surface area contributed by atoms with Gasteiger partial charge in [0.1, 0.15) is 11.6 Å². The standard InChI is InChI=1S/C11H9F4N3/c12-8-2-1-7(9(5-8)11(13,14)15)6-18-10(16)3-4-17-18/h1-5H,6,16H2. The summed E-state index contributed by atoms with van der Waals surface area (Å²) in [4.78, 5) is 0. The number of hydrogen-bond donors (Lipinski definition) is 1. The third kappa shape index (κ3) is 2.44. The second-order valence-electron chi connectivity index (χ2n) is 3.71. The molecule has 0 saturated carbocycles. The van der Waals surface area contributed by atoms with Crippen molar-refractivity contribution in [3.8, 4) is 0 Å². The first-order valence-corrected chi connectivity index (χ1v) is 5.01. The third-order valence-corrected chi connectivity index (χ3v) is 2.45. The zero-order valence-electron chi connectivity index (χ0n) is 9.08. The average Bonchev–Trinajstić information content (AvgIpc) is 2.66. The number of aromatic nitrogens is 2. The van der Waals surface area contributed by atoms with Crippen molar-refractivity contribution in [2.45, 2.75) is 12.7 Å². The number of halogens is 4. The molecule has 2 aromatic rings. The lowest BCUT2D eigenvalue weighted by Gasteiger charge is -2.13. The molecule has 0 fully saturated rings. The Morgan fingerprint density at radius 1 is 1.22 bits per heavy atom. The van der Waals surface area contributed by atoms with Gasteiger partial charge in [0.05, 0.1) is 18.3 Å². The van der Waals surface area contributed by atoms with Crippen LogP contribution in [-0.4, -0.2) is 9.78 Å². The van der Waals surface area contributed by atoms with Crippen LogP contribution in [0.5, 0.6) is 0 Å². The van der Waals surface area contributed by atoms with Crippen LogP contribution in [0.1, 0.15) is 11.1 Å². The number of hydrogen-bond acceptors (Lipinski definition) is 2. The van der Waals surface area contributed by atoms with Crippen LogP contribution < -0.4 is 5.73 Å². The molecule has 0 atom stereocenters. The number of anilines is 1. The Morgan fingerprint density at radius 3 is 2.50 bits per heavy atom. The Hall–Kier alpha value is -2.05. The summed E-state index contributed by atoms with van der Waals surface area (Å²) in [5, 5.41) is 3.79. The van der Waals surface area contributed by atoms with E-state index in [2.05, 4.69) is 5.10 Å². The summed E-state index contributed by atoms with van der Waals surface area (Å²) in [7, 11) is 0. The first-order chi connectivity index (χ1) is 8.38. The monoisotopic (exact) mass is 259 g/mol. The molecule has 0 amide bonds. The molecule has 18 heavy (non-hydrogen) atoms. The lowest BCUT2D eigenvalue weighted by molar-refractivity contribution is -0.138. The van der Waals surface area contributed by atoms with E-state index in [4.69, 9.17) is 5.73 Å². The van der Waals surface area contributed by atoms with Crippen molar-refractivity contribution in [1.82, 2.24) is 9.78 Å². The highest BCUT2D eigenvalue weighted by Gasteiger charge is 2.33. The lowest BCUT2D eigenvalue weighted by atomic mass is 10.1. The maximum Gasteiger partial charge on any atom is 0.416 e. The molecule has 96 valence electrons. The minimum absolute atomic E-state index is 0.0840. The molecule has 1 aromatic heterocycles. The predicted molar refractivity (Wildman–Crippen MR) is 57.1 cm³/mol. The van der Waals surface area contributed by atoms with Gasteiger partial charge in [0.2, 0.25) is 0 Å². The average molecular weight is 259 g/mol. The van der Waals surface area contributed by atoms with Gasteiger partial charge in [-0.2, -0.15) is 18.3 Å². The molecule has 2 N–H and O–H groups in total. The molecular weight excluding hydrogens is 250 g/mol. The van der Waals surface area contributed by atoms with Crippen LogP contribution in [-0.2, 0) is 12.7 Å². The van der Waals surface area contributed by atoms with Crippen LogP contribution in [0.25, 0.3) is 0 Å². The minimum atomic E-state index is -4.61. The van der Waals surface area contributed by atoms with Gasteiger partial charge in [0.15, 0.2) is 0 Å². The Morgan fingerprint density at radius 2 is 1.94 bits per heavy atom. The van der Waals surface area contributed by atoms with E-state index in [9.17, 15) is 17.6 Å². The second-order valence-corrected chi connectivity index (χ2v) is 3.71. The van der Waals surface area contributed by atoms with E-state index in [1.165, 1.54) is 16.9 Å². The summed E-state index contributed by atoms with van der Waals surface area (Å²) in [5.41, 5.74) is 4.42. The van der Waals surface area contributed by atoms with Crippen LogP contribution in [0, 0.1) is 5.82 Å². The van der Waals surface area contributed by atoms with E-state index in [1.54, 1.807) is 0 Å². The smallest absolute Gasteiger partial charge is 0.384 e. The van der Waals surface area contributed by atoms with E-state index in [-0.39, 0.29) is 17.9 Å². The summed E-state index contributed by atoms with van der Waals surface area (Å²) >= 11 is 0. The molecule has 3 nitrogen and oxygen atoms in total. The van der Waals surface area contributed by atoms with Crippen molar-refractivity contribution in [2.24, 2.45) is 0 Å². The molecule has 1 heterocycles. The van der Waals surface area contributed by atoms with Gasteiger partial charge < -0.3 is 5.73 Å². The van der Waals surface area contributed by atoms with Crippen LogP contribution >= 0.6 is 0 Å². The van der Waals surface area contributed by atoms with E-state index < -0.39 is 17.6 Å². The topological polar surface area (TPSA) is 43.8 Å². The summed E-state index contributed by atoms with van der Waals surface area (Å²) in [6.45, 7) is -0.159. The number of alkyl halides is 3. The maximum absolute atomic E-state index is 12.9. The van der Waals surface area contributed by atoms with Crippen molar-refractivity contribution < 1.29 is 17.6 Å². The fourth-order valence-corrected chi connectivity index (χ4v) is 1.59. The fourth-order valence-electron chi connectivity index (χ4n) is 1.59. The third-order valence-electron chi connectivity index (χ3n) is 2.45. The molecule has 0 aliphatic carbocycles. The highest BCUT2D eigenvalue weighted by Crippen LogP contribution is 2.33. The summed E-state index contributed by atoms with van der Waals surface area (Å²) < 4.78 is 52.3. The normalized spacial score (nSPS) is 11.8. The van der Waals surface area contributed by atoms with Crippen molar-refractivity contribution in [2.75, 3.05) is 5.73 Å². The largest absolute Gasteiger partial charge is 0.416 e. The molecule has 0 unspecified atom stereocenters. The SMILES string of the molecule is Nc1ccnn1Cc1ccc(F)cc1C(F)(F)F. The van der Waals surface area contributed by atoms with E-state index >= 15 is 0 Å². The van der Waals surface area contributed by atoms with E-state index in [0.717, 1.165) is 12.1 Å².